The second-order valence-corrected chi connectivity index (χ2v) is 5.69. The van der Waals surface area contributed by atoms with Crippen molar-refractivity contribution < 1.29 is 9.53 Å². The van der Waals surface area contributed by atoms with Gasteiger partial charge in [-0.05, 0) is 37.1 Å². The number of hydrogen-bond acceptors (Lipinski definition) is 2. The van der Waals surface area contributed by atoms with Gasteiger partial charge in [-0.15, -0.1) is 0 Å². The van der Waals surface area contributed by atoms with Gasteiger partial charge in [0.05, 0.1) is 6.61 Å². The summed E-state index contributed by atoms with van der Waals surface area (Å²) in [6, 6.07) is 15.6. The number of hydrogen-bond donors (Lipinski definition) is 2. The molecule has 0 fully saturated rings. The second kappa shape index (κ2) is 6.52. The predicted octanol–water partition coefficient (Wildman–Crippen LogP) is 3.37. The number of fused-ring (bicyclic) bond motifs is 1. The van der Waals surface area contributed by atoms with Crippen molar-refractivity contribution in [1.29, 1.82) is 0 Å². The van der Waals surface area contributed by atoms with Gasteiger partial charge in [-0.2, -0.15) is 0 Å². The van der Waals surface area contributed by atoms with E-state index in [0.29, 0.717) is 19.1 Å². The molecular formula is C18H20N2O2. The standard InChI is InChI=1S/C18H20N2O2/c1-13-6-8-16(9-7-13)20-18(21)19-11-14-10-15-4-2-3-5-17(15)22-12-14/h2-9,14H,10-12H2,1H3,(H2,19,20,21). The van der Waals surface area contributed by atoms with Crippen LogP contribution in [0.4, 0.5) is 10.5 Å². The molecule has 0 saturated carbocycles. The monoisotopic (exact) mass is 296 g/mol. The molecule has 1 aliphatic heterocycles. The first-order valence-corrected chi connectivity index (χ1v) is 7.53. The van der Waals surface area contributed by atoms with Gasteiger partial charge in [0.2, 0.25) is 0 Å². The van der Waals surface area contributed by atoms with Crippen LogP contribution in [0.1, 0.15) is 11.1 Å². The van der Waals surface area contributed by atoms with Crippen LogP contribution in [-0.2, 0) is 6.42 Å². The second-order valence-electron chi connectivity index (χ2n) is 5.69. The van der Waals surface area contributed by atoms with Gasteiger partial charge in [0.1, 0.15) is 5.75 Å². The fraction of sp³-hybridized carbons (Fsp3) is 0.278. The van der Waals surface area contributed by atoms with Gasteiger partial charge in [0, 0.05) is 18.2 Å². The Bertz CT molecular complexity index is 652. The maximum absolute atomic E-state index is 11.9. The molecule has 4 heteroatoms. The van der Waals surface area contributed by atoms with Crippen LogP contribution in [0.5, 0.6) is 5.75 Å². The number of nitrogens with one attached hydrogen (secondary N) is 2. The Hall–Kier alpha value is -2.49. The summed E-state index contributed by atoms with van der Waals surface area (Å²) in [6.45, 7) is 3.26. The SMILES string of the molecule is Cc1ccc(NC(=O)NCC2COc3ccccc3C2)cc1. The van der Waals surface area contributed by atoms with Crippen LogP contribution in [0.3, 0.4) is 0 Å². The van der Waals surface area contributed by atoms with E-state index in [1.54, 1.807) is 0 Å². The van der Waals surface area contributed by atoms with Crippen LogP contribution in [0, 0.1) is 12.8 Å². The lowest BCUT2D eigenvalue weighted by Gasteiger charge is -2.25. The molecule has 2 aromatic carbocycles. The van der Waals surface area contributed by atoms with Crippen LogP contribution >= 0.6 is 0 Å². The lowest BCUT2D eigenvalue weighted by atomic mass is 9.97. The summed E-state index contributed by atoms with van der Waals surface area (Å²) < 4.78 is 5.73. The number of para-hydroxylation sites is 1. The van der Waals surface area contributed by atoms with Crippen molar-refractivity contribution in [2.24, 2.45) is 5.92 Å². The molecule has 0 aromatic heterocycles. The summed E-state index contributed by atoms with van der Waals surface area (Å²) in [7, 11) is 0. The Kier molecular flexibility index (Phi) is 4.28. The van der Waals surface area contributed by atoms with Crippen molar-refractivity contribution in [2.45, 2.75) is 13.3 Å². The Balaban J connectivity index is 1.49. The fourth-order valence-electron chi connectivity index (χ4n) is 2.57. The quantitative estimate of drug-likeness (QED) is 0.912. The average molecular weight is 296 g/mol. The van der Waals surface area contributed by atoms with Crippen molar-refractivity contribution in [3.05, 3.63) is 59.7 Å². The van der Waals surface area contributed by atoms with Crippen molar-refractivity contribution in [2.75, 3.05) is 18.5 Å². The summed E-state index contributed by atoms with van der Waals surface area (Å²) in [4.78, 5) is 11.9. The Labute approximate surface area is 130 Å². The number of rotatable bonds is 3. The molecule has 2 N–H and O–H groups in total. The van der Waals surface area contributed by atoms with E-state index in [2.05, 4.69) is 16.7 Å². The molecule has 0 saturated heterocycles. The zero-order chi connectivity index (χ0) is 15.4. The van der Waals surface area contributed by atoms with Gasteiger partial charge < -0.3 is 15.4 Å². The minimum absolute atomic E-state index is 0.178. The molecular weight excluding hydrogens is 276 g/mol. The Morgan fingerprint density at radius 3 is 2.77 bits per heavy atom. The molecule has 1 atom stereocenters. The minimum atomic E-state index is -0.178. The van der Waals surface area contributed by atoms with Crippen molar-refractivity contribution in [3.63, 3.8) is 0 Å². The zero-order valence-electron chi connectivity index (χ0n) is 12.6. The number of benzene rings is 2. The normalized spacial score (nSPS) is 16.3. The van der Waals surface area contributed by atoms with Crippen molar-refractivity contribution >= 4 is 11.7 Å². The molecule has 0 radical (unpaired) electrons. The molecule has 114 valence electrons. The minimum Gasteiger partial charge on any atom is -0.493 e. The summed E-state index contributed by atoms with van der Waals surface area (Å²) >= 11 is 0. The molecule has 0 spiro atoms. The van der Waals surface area contributed by atoms with Crippen molar-refractivity contribution in [3.8, 4) is 5.75 Å². The van der Waals surface area contributed by atoms with Gasteiger partial charge in [-0.3, -0.25) is 0 Å². The van der Waals surface area contributed by atoms with Crippen LogP contribution in [-0.4, -0.2) is 19.2 Å². The largest absolute Gasteiger partial charge is 0.493 e. The fourth-order valence-corrected chi connectivity index (χ4v) is 2.57. The lowest BCUT2D eigenvalue weighted by molar-refractivity contribution is 0.215. The molecule has 1 aliphatic rings. The first-order chi connectivity index (χ1) is 10.7. The van der Waals surface area contributed by atoms with Gasteiger partial charge in [-0.25, -0.2) is 4.79 Å². The molecule has 2 amide bonds. The molecule has 1 heterocycles. The van der Waals surface area contributed by atoms with Crippen LogP contribution in [0.15, 0.2) is 48.5 Å². The van der Waals surface area contributed by atoms with Gasteiger partial charge in [0.15, 0.2) is 0 Å². The summed E-state index contributed by atoms with van der Waals surface area (Å²) in [5, 5.41) is 5.75. The topological polar surface area (TPSA) is 50.4 Å². The lowest BCUT2D eigenvalue weighted by Crippen LogP contribution is -2.37. The highest BCUT2D eigenvalue weighted by Gasteiger charge is 2.19. The smallest absolute Gasteiger partial charge is 0.319 e. The third-order valence-electron chi connectivity index (χ3n) is 3.82. The van der Waals surface area contributed by atoms with E-state index in [9.17, 15) is 4.79 Å². The van der Waals surface area contributed by atoms with E-state index >= 15 is 0 Å². The highest BCUT2D eigenvalue weighted by atomic mass is 16.5. The van der Waals surface area contributed by atoms with E-state index in [4.69, 9.17) is 4.74 Å². The van der Waals surface area contributed by atoms with Crippen LogP contribution < -0.4 is 15.4 Å². The number of ether oxygens (including phenoxy) is 1. The first-order valence-electron chi connectivity index (χ1n) is 7.53. The van der Waals surface area contributed by atoms with E-state index < -0.39 is 0 Å². The molecule has 0 bridgehead atoms. The summed E-state index contributed by atoms with van der Waals surface area (Å²) in [6.07, 6.45) is 0.932. The van der Waals surface area contributed by atoms with Crippen LogP contribution in [0.2, 0.25) is 0 Å². The first kappa shape index (κ1) is 14.4. The Morgan fingerprint density at radius 2 is 1.95 bits per heavy atom. The van der Waals surface area contributed by atoms with E-state index in [1.807, 2.05) is 49.4 Å². The summed E-state index contributed by atoms with van der Waals surface area (Å²) in [5.74, 6) is 1.27. The number of urea groups is 1. The molecule has 4 nitrogen and oxygen atoms in total. The van der Waals surface area contributed by atoms with Crippen LogP contribution in [0.25, 0.3) is 0 Å². The number of anilines is 1. The number of amides is 2. The van der Waals surface area contributed by atoms with Gasteiger partial charge >= 0.3 is 6.03 Å². The number of carbonyl (C=O) groups is 1. The third-order valence-corrected chi connectivity index (χ3v) is 3.82. The van der Waals surface area contributed by atoms with E-state index in [0.717, 1.165) is 17.9 Å². The van der Waals surface area contributed by atoms with Crippen molar-refractivity contribution in [1.82, 2.24) is 5.32 Å². The number of aryl methyl sites for hydroxylation is 1. The van der Waals surface area contributed by atoms with E-state index in [-0.39, 0.29) is 6.03 Å². The predicted molar refractivity (Wildman–Crippen MR) is 87.3 cm³/mol. The summed E-state index contributed by atoms with van der Waals surface area (Å²) in [5.41, 5.74) is 3.18. The zero-order valence-corrected chi connectivity index (χ0v) is 12.6. The van der Waals surface area contributed by atoms with Gasteiger partial charge in [-0.1, -0.05) is 35.9 Å². The van der Waals surface area contributed by atoms with Gasteiger partial charge in [0.25, 0.3) is 0 Å². The third kappa shape index (κ3) is 3.58. The molecule has 0 aliphatic carbocycles. The maximum Gasteiger partial charge on any atom is 0.319 e. The molecule has 3 rings (SSSR count). The maximum atomic E-state index is 11.9. The highest BCUT2D eigenvalue weighted by molar-refractivity contribution is 5.89. The average Bonchev–Trinajstić information content (AvgIpc) is 2.55. The highest BCUT2D eigenvalue weighted by Crippen LogP contribution is 2.26. The molecule has 22 heavy (non-hydrogen) atoms. The molecule has 1 unspecified atom stereocenters. The molecule has 2 aromatic rings. The number of carbonyl (C=O) groups excluding carboxylic acids is 1. The Morgan fingerprint density at radius 1 is 1.18 bits per heavy atom. The van der Waals surface area contributed by atoms with E-state index in [1.165, 1.54) is 11.1 Å².